The van der Waals surface area contributed by atoms with Gasteiger partial charge in [0.25, 0.3) is 0 Å². The minimum atomic E-state index is -4.79. The summed E-state index contributed by atoms with van der Waals surface area (Å²) in [7, 11) is 0. The van der Waals surface area contributed by atoms with Crippen molar-refractivity contribution in [1.29, 1.82) is 0 Å². The van der Waals surface area contributed by atoms with Crippen LogP contribution in [0.3, 0.4) is 0 Å². The highest BCUT2D eigenvalue weighted by Crippen LogP contribution is 2.28. The van der Waals surface area contributed by atoms with Gasteiger partial charge in [-0.25, -0.2) is 0 Å². The second-order valence-corrected chi connectivity index (χ2v) is 3.07. The quantitative estimate of drug-likeness (QED) is 0.783. The van der Waals surface area contributed by atoms with Crippen LogP contribution >= 0.6 is 0 Å². The number of nitrogens with two attached hydrogens (primary N) is 1. The summed E-state index contributed by atoms with van der Waals surface area (Å²) in [4.78, 5) is 0. The molecule has 1 rings (SSSR count). The number of phenols is 1. The summed E-state index contributed by atoms with van der Waals surface area (Å²) in [5.41, 5.74) is 5.17. The van der Waals surface area contributed by atoms with Crippen molar-refractivity contribution < 1.29 is 23.0 Å². The number of hydrogen-bond donors (Lipinski definition) is 2. The number of ether oxygens (including phenoxy) is 1. The molecule has 0 radical (unpaired) electrons. The molecule has 0 unspecified atom stereocenters. The highest BCUT2D eigenvalue weighted by molar-refractivity contribution is 5.49. The summed E-state index contributed by atoms with van der Waals surface area (Å²) < 4.78 is 39.9. The molecule has 6 heteroatoms. The van der Waals surface area contributed by atoms with Crippen molar-refractivity contribution in [1.82, 2.24) is 0 Å². The molecule has 3 nitrogen and oxygen atoms in total. The average Bonchev–Trinajstić information content (AvgIpc) is 2.20. The van der Waals surface area contributed by atoms with Crippen LogP contribution in [-0.2, 0) is 0 Å². The van der Waals surface area contributed by atoms with Crippen molar-refractivity contribution >= 4 is 0 Å². The summed E-state index contributed by atoms with van der Waals surface area (Å²) in [6.45, 7) is 0.307. The van der Waals surface area contributed by atoms with Gasteiger partial charge in [-0.3, -0.25) is 0 Å². The van der Waals surface area contributed by atoms with E-state index in [9.17, 15) is 13.2 Å². The van der Waals surface area contributed by atoms with Crippen LogP contribution in [0.2, 0.25) is 0 Å². The molecule has 17 heavy (non-hydrogen) atoms. The molecule has 0 spiro atoms. The molecule has 0 bridgehead atoms. The van der Waals surface area contributed by atoms with Gasteiger partial charge in [0.2, 0.25) is 0 Å². The summed E-state index contributed by atoms with van der Waals surface area (Å²) in [6.07, 6.45) is -4.44. The third-order valence-corrected chi connectivity index (χ3v) is 1.68. The molecule has 0 fully saturated rings. The monoisotopic (exact) mass is 245 g/mol. The van der Waals surface area contributed by atoms with Crippen molar-refractivity contribution in [3.8, 4) is 23.3 Å². The predicted octanol–water partition coefficient (Wildman–Crippen LogP) is 1.99. The number of alkyl halides is 3. The van der Waals surface area contributed by atoms with Crippen LogP contribution in [0, 0.1) is 11.8 Å². The Morgan fingerprint density at radius 3 is 2.65 bits per heavy atom. The third-order valence-electron chi connectivity index (χ3n) is 1.68. The Labute approximate surface area is 96.0 Å². The lowest BCUT2D eigenvalue weighted by molar-refractivity contribution is -0.274. The van der Waals surface area contributed by atoms with Crippen molar-refractivity contribution in [3.63, 3.8) is 0 Å². The van der Waals surface area contributed by atoms with Gasteiger partial charge in [-0.05, 0) is 18.2 Å². The van der Waals surface area contributed by atoms with Gasteiger partial charge in [-0.1, -0.05) is 11.8 Å². The fourth-order valence-corrected chi connectivity index (χ4v) is 1.06. The highest BCUT2D eigenvalue weighted by Gasteiger charge is 2.32. The van der Waals surface area contributed by atoms with E-state index in [1.165, 1.54) is 0 Å². The van der Waals surface area contributed by atoms with E-state index in [-0.39, 0.29) is 11.3 Å². The van der Waals surface area contributed by atoms with Crippen molar-refractivity contribution in [3.05, 3.63) is 23.8 Å². The van der Waals surface area contributed by atoms with Crippen molar-refractivity contribution in [2.75, 3.05) is 6.54 Å². The van der Waals surface area contributed by atoms with E-state index in [1.54, 1.807) is 0 Å². The minimum absolute atomic E-state index is 0.0317. The molecule has 0 atom stereocenters. The Morgan fingerprint density at radius 2 is 2.06 bits per heavy atom. The molecule has 0 aliphatic rings. The van der Waals surface area contributed by atoms with Gasteiger partial charge in [-0.15, -0.1) is 13.2 Å². The number of benzene rings is 1. The van der Waals surface area contributed by atoms with Crippen molar-refractivity contribution in [2.45, 2.75) is 12.8 Å². The SMILES string of the molecule is NCCC#Cc1cc(O)ccc1OC(F)(F)F. The lowest BCUT2D eigenvalue weighted by atomic mass is 10.2. The fraction of sp³-hybridized carbons (Fsp3) is 0.273. The molecular formula is C11H10F3NO2. The Hall–Kier alpha value is -1.87. The molecule has 0 saturated carbocycles. The van der Waals surface area contributed by atoms with E-state index < -0.39 is 12.1 Å². The average molecular weight is 245 g/mol. The maximum Gasteiger partial charge on any atom is 0.573 e. The third kappa shape index (κ3) is 4.66. The van der Waals surface area contributed by atoms with Crippen LogP contribution in [0.15, 0.2) is 18.2 Å². The molecule has 0 aliphatic heterocycles. The summed E-state index contributed by atoms with van der Waals surface area (Å²) in [5, 5.41) is 9.16. The first-order chi connectivity index (χ1) is 7.92. The van der Waals surface area contributed by atoms with Gasteiger partial charge >= 0.3 is 6.36 Å². The van der Waals surface area contributed by atoms with Crippen LogP contribution in [0.4, 0.5) is 13.2 Å². The lowest BCUT2D eigenvalue weighted by Gasteiger charge is -2.10. The summed E-state index contributed by atoms with van der Waals surface area (Å²) >= 11 is 0. The largest absolute Gasteiger partial charge is 0.573 e. The van der Waals surface area contributed by atoms with Gasteiger partial charge in [0.15, 0.2) is 0 Å². The Bertz CT molecular complexity index is 446. The lowest BCUT2D eigenvalue weighted by Crippen LogP contribution is -2.17. The van der Waals surface area contributed by atoms with E-state index >= 15 is 0 Å². The second-order valence-electron chi connectivity index (χ2n) is 3.07. The van der Waals surface area contributed by atoms with Gasteiger partial charge < -0.3 is 15.6 Å². The van der Waals surface area contributed by atoms with E-state index in [2.05, 4.69) is 16.6 Å². The molecule has 0 aromatic heterocycles. The van der Waals surface area contributed by atoms with Gasteiger partial charge in [-0.2, -0.15) is 0 Å². The van der Waals surface area contributed by atoms with Crippen LogP contribution in [0.25, 0.3) is 0 Å². The molecule has 92 valence electrons. The Kier molecular flexibility index (Phi) is 4.24. The van der Waals surface area contributed by atoms with Crippen LogP contribution in [0.1, 0.15) is 12.0 Å². The molecule has 0 saturated heterocycles. The first-order valence-corrected chi connectivity index (χ1v) is 4.70. The van der Waals surface area contributed by atoms with E-state index in [0.717, 1.165) is 18.2 Å². The maximum atomic E-state index is 12.1. The predicted molar refractivity (Wildman–Crippen MR) is 55.3 cm³/mol. The first kappa shape index (κ1) is 13.2. The maximum absolute atomic E-state index is 12.1. The Morgan fingerprint density at radius 1 is 1.35 bits per heavy atom. The number of rotatable bonds is 2. The normalized spacial score (nSPS) is 10.6. The molecular weight excluding hydrogens is 235 g/mol. The minimum Gasteiger partial charge on any atom is -0.508 e. The summed E-state index contributed by atoms with van der Waals surface area (Å²) in [6, 6.07) is 3.20. The van der Waals surface area contributed by atoms with E-state index in [0.29, 0.717) is 13.0 Å². The highest BCUT2D eigenvalue weighted by atomic mass is 19.4. The van der Waals surface area contributed by atoms with Crippen molar-refractivity contribution in [2.24, 2.45) is 5.73 Å². The number of halogens is 3. The fourth-order valence-electron chi connectivity index (χ4n) is 1.06. The zero-order valence-corrected chi connectivity index (χ0v) is 8.71. The van der Waals surface area contributed by atoms with Gasteiger partial charge in [0, 0.05) is 13.0 Å². The number of hydrogen-bond acceptors (Lipinski definition) is 3. The van der Waals surface area contributed by atoms with Gasteiger partial charge in [0.05, 0.1) is 5.56 Å². The Balaban J connectivity index is 3.01. The molecule has 1 aromatic rings. The van der Waals surface area contributed by atoms with Crippen LogP contribution in [-0.4, -0.2) is 18.0 Å². The molecule has 0 amide bonds. The zero-order valence-electron chi connectivity index (χ0n) is 8.71. The molecule has 3 N–H and O–H groups in total. The second kappa shape index (κ2) is 5.46. The van der Waals surface area contributed by atoms with Crippen LogP contribution < -0.4 is 10.5 Å². The molecule has 0 heterocycles. The van der Waals surface area contributed by atoms with Crippen LogP contribution in [0.5, 0.6) is 11.5 Å². The number of phenolic OH excluding ortho intramolecular Hbond substituents is 1. The van der Waals surface area contributed by atoms with Gasteiger partial charge in [0.1, 0.15) is 11.5 Å². The van der Waals surface area contributed by atoms with E-state index in [4.69, 9.17) is 10.8 Å². The van der Waals surface area contributed by atoms with E-state index in [1.807, 2.05) is 0 Å². The molecule has 0 aliphatic carbocycles. The zero-order chi connectivity index (χ0) is 12.9. The first-order valence-electron chi connectivity index (χ1n) is 4.70. The summed E-state index contributed by atoms with van der Waals surface area (Å²) in [5.74, 6) is 4.41. The number of aromatic hydroxyl groups is 1. The standard InChI is InChI=1S/C11H10F3NO2/c12-11(13,14)17-10-5-4-9(16)7-8(10)3-1-2-6-15/h4-5,7,16H,2,6,15H2. The topological polar surface area (TPSA) is 55.5 Å². The smallest absolute Gasteiger partial charge is 0.508 e. The molecule has 1 aromatic carbocycles.